The summed E-state index contributed by atoms with van der Waals surface area (Å²) in [5.74, 6) is 1.07. The lowest BCUT2D eigenvalue weighted by Crippen LogP contribution is -2.83. The first-order valence-corrected chi connectivity index (χ1v) is 21.3. The van der Waals surface area contributed by atoms with Crippen LogP contribution in [-0.4, -0.2) is 129 Å². The quantitative estimate of drug-likeness (QED) is 0.169. The third-order valence-corrected chi connectivity index (χ3v) is 12.5. The molecule has 1 atom stereocenters. The number of amides is 4. The van der Waals surface area contributed by atoms with Gasteiger partial charge in [0.25, 0.3) is 11.8 Å². The van der Waals surface area contributed by atoms with Gasteiger partial charge in [-0.3, -0.25) is 29.1 Å². The van der Waals surface area contributed by atoms with E-state index in [1.807, 2.05) is 61.8 Å². The van der Waals surface area contributed by atoms with Crippen LogP contribution in [0, 0.1) is 13.1 Å². The van der Waals surface area contributed by atoms with Gasteiger partial charge in [0.05, 0.1) is 45.9 Å². The number of anilines is 2. The van der Waals surface area contributed by atoms with Crippen LogP contribution in [0.15, 0.2) is 85.2 Å². The van der Waals surface area contributed by atoms with Crippen LogP contribution in [0.5, 0.6) is 0 Å². The summed E-state index contributed by atoms with van der Waals surface area (Å²) in [6.07, 6.45) is 3.04. The maximum Gasteiger partial charge on any atom is 0.253 e. The summed E-state index contributed by atoms with van der Waals surface area (Å²) in [6.45, 7) is 24.1. The van der Waals surface area contributed by atoms with E-state index in [0.717, 1.165) is 11.1 Å². The molecule has 8 rings (SSSR count). The first kappa shape index (κ1) is 44.8. The Kier molecular flexibility index (Phi) is 13.0. The van der Waals surface area contributed by atoms with Crippen molar-refractivity contribution in [3.63, 3.8) is 0 Å². The van der Waals surface area contributed by atoms with Gasteiger partial charge in [0.15, 0.2) is 11.1 Å². The predicted octanol–water partition coefficient (Wildman–Crippen LogP) is 6.26. The number of halogens is 2. The Hall–Kier alpha value is -6.26. The Bertz CT molecular complexity index is 2420. The van der Waals surface area contributed by atoms with E-state index in [-0.39, 0.29) is 48.9 Å². The molecule has 63 heavy (non-hydrogen) atoms. The number of nitrogens with zero attached hydrogens (tertiary/aromatic N) is 10. The minimum absolute atomic E-state index is 0.0277. The molecule has 15 nitrogen and oxygen atoms in total. The predicted molar refractivity (Wildman–Crippen MR) is 239 cm³/mol. The van der Waals surface area contributed by atoms with Gasteiger partial charge in [0, 0.05) is 54.7 Å². The lowest BCUT2D eigenvalue weighted by molar-refractivity contribution is -0.179. The third kappa shape index (κ3) is 8.61. The van der Waals surface area contributed by atoms with Gasteiger partial charge in [-0.15, -0.1) is 0 Å². The van der Waals surface area contributed by atoms with Crippen LogP contribution in [0.4, 0.5) is 23.0 Å². The van der Waals surface area contributed by atoms with Gasteiger partial charge in [-0.05, 0) is 75.2 Å². The van der Waals surface area contributed by atoms with E-state index in [1.165, 1.54) is 19.5 Å². The molecule has 4 aromatic rings. The smallest absolute Gasteiger partial charge is 0.253 e. The number of piperazine rings is 2. The zero-order valence-electron chi connectivity index (χ0n) is 35.7. The van der Waals surface area contributed by atoms with E-state index in [0.29, 0.717) is 72.3 Å². The zero-order chi connectivity index (χ0) is 45.2. The monoisotopic (exact) mass is 890 g/mol. The molecule has 0 aliphatic carbocycles. The van der Waals surface area contributed by atoms with Crippen molar-refractivity contribution in [2.45, 2.75) is 70.0 Å². The van der Waals surface area contributed by atoms with Crippen molar-refractivity contribution in [3.05, 3.63) is 129 Å². The van der Waals surface area contributed by atoms with Gasteiger partial charge in [0.2, 0.25) is 23.2 Å². The molecule has 2 aromatic heterocycles. The number of hydrogen-bond donors (Lipinski definition) is 0. The maximum absolute atomic E-state index is 13.9. The summed E-state index contributed by atoms with van der Waals surface area (Å²) in [6, 6.07) is 20.7. The topological polar surface area (TPSA) is 131 Å². The fraction of sp³-hybridized carbons (Fsp3) is 0.391. The largest absolute Gasteiger partial charge is 0.382 e. The summed E-state index contributed by atoms with van der Waals surface area (Å²) in [5.41, 5.74) is 0.831. The molecule has 4 amide bonds. The SMILES string of the molecule is [C-]#[N+]c1ccc(N2CC3(C2)C(=O)N(C(C)C)C(COC)C(=O)N3Cc2ccc(Cl)cc2)nc1.[C-]#[N+]c1ccc(N2CC3(C2)C(=O)N(C(C)C)CC(=O)N3Cc2ccc(Cl)cc2)nc1. The Morgan fingerprint density at radius 2 is 1.14 bits per heavy atom. The van der Waals surface area contributed by atoms with Gasteiger partial charge < -0.3 is 34.1 Å². The second kappa shape index (κ2) is 18.2. The van der Waals surface area contributed by atoms with Crippen LogP contribution in [0.25, 0.3) is 9.69 Å². The minimum atomic E-state index is -0.995. The van der Waals surface area contributed by atoms with E-state index in [2.05, 4.69) is 19.7 Å². The number of methoxy groups -OCH3 is 1. The summed E-state index contributed by atoms with van der Waals surface area (Å²) in [7, 11) is 1.54. The first-order valence-electron chi connectivity index (χ1n) is 20.5. The van der Waals surface area contributed by atoms with Gasteiger partial charge >= 0.3 is 0 Å². The maximum atomic E-state index is 13.9. The average Bonchev–Trinajstić information content (AvgIpc) is 3.24. The van der Waals surface area contributed by atoms with E-state index in [4.69, 9.17) is 41.1 Å². The van der Waals surface area contributed by atoms with Crippen LogP contribution < -0.4 is 9.80 Å². The molecule has 4 saturated heterocycles. The first-order chi connectivity index (χ1) is 30.1. The molecule has 6 heterocycles. The molecule has 2 spiro atoms. The third-order valence-electron chi connectivity index (χ3n) is 12.0. The molecule has 1 unspecified atom stereocenters. The van der Waals surface area contributed by atoms with Crippen molar-refractivity contribution in [2.75, 3.05) is 56.2 Å². The van der Waals surface area contributed by atoms with Crippen molar-refractivity contribution in [1.82, 2.24) is 29.6 Å². The number of pyridine rings is 2. The van der Waals surface area contributed by atoms with Crippen LogP contribution in [0.1, 0.15) is 38.8 Å². The standard InChI is InChI=1S/C24H26ClN5O3.C22H22ClN5O2/c1-16(2)30-20(13-33-4)22(31)29(12-17-5-7-18(25)8-6-17)24(23(30)32)14-28(15-24)21-10-9-19(26-3)11-27-21;1-15(2)27-12-20(29)28(11-16-4-6-17(23)7-5-16)22(21(27)30)13-26(14-22)19-9-8-18(24-3)10-25-19/h5-11,16,20H,12-15H2,1-2,4H3;4-10,15H,11-14H2,1-2H3. The number of rotatable bonds is 10. The number of hydrogen-bond acceptors (Lipinski definition) is 9. The van der Waals surface area contributed by atoms with E-state index in [1.54, 1.807) is 68.1 Å². The minimum Gasteiger partial charge on any atom is -0.382 e. The highest BCUT2D eigenvalue weighted by Gasteiger charge is 2.63. The van der Waals surface area contributed by atoms with Crippen molar-refractivity contribution in [1.29, 1.82) is 0 Å². The summed E-state index contributed by atoms with van der Waals surface area (Å²) < 4.78 is 5.32. The normalized spacial score (nSPS) is 18.9. The molecule has 0 N–H and O–H groups in total. The molecule has 326 valence electrons. The fourth-order valence-corrected chi connectivity index (χ4v) is 8.89. The molecular formula is C46H48Cl2N10O5. The van der Waals surface area contributed by atoms with E-state index < -0.39 is 17.1 Å². The lowest BCUT2D eigenvalue weighted by atomic mass is 9.81. The highest BCUT2D eigenvalue weighted by Crippen LogP contribution is 2.41. The van der Waals surface area contributed by atoms with Crippen LogP contribution in [0.3, 0.4) is 0 Å². The number of ether oxygens (including phenoxy) is 1. The summed E-state index contributed by atoms with van der Waals surface area (Å²) >= 11 is 12.0. The molecule has 4 aliphatic rings. The number of benzene rings is 2. The average molecular weight is 892 g/mol. The van der Waals surface area contributed by atoms with Crippen LogP contribution >= 0.6 is 23.2 Å². The molecule has 0 bridgehead atoms. The highest BCUT2D eigenvalue weighted by molar-refractivity contribution is 6.30. The fourth-order valence-electron chi connectivity index (χ4n) is 8.64. The van der Waals surface area contributed by atoms with Crippen molar-refractivity contribution in [2.24, 2.45) is 0 Å². The Morgan fingerprint density at radius 1 is 0.683 bits per heavy atom. The highest BCUT2D eigenvalue weighted by atomic mass is 35.5. The van der Waals surface area contributed by atoms with Gasteiger partial charge in [-0.25, -0.2) is 9.69 Å². The van der Waals surface area contributed by atoms with Crippen LogP contribution in [0.2, 0.25) is 10.0 Å². The van der Waals surface area contributed by atoms with E-state index in [9.17, 15) is 19.2 Å². The summed E-state index contributed by atoms with van der Waals surface area (Å²) in [4.78, 5) is 80.3. The molecule has 2 aromatic carbocycles. The second-order valence-electron chi connectivity index (χ2n) is 16.7. The van der Waals surface area contributed by atoms with Crippen LogP contribution in [-0.2, 0) is 37.0 Å². The molecule has 17 heteroatoms. The molecule has 4 aliphatic heterocycles. The Morgan fingerprint density at radius 3 is 1.54 bits per heavy atom. The second-order valence-corrected chi connectivity index (χ2v) is 17.6. The summed E-state index contributed by atoms with van der Waals surface area (Å²) in [5, 5.41) is 1.24. The van der Waals surface area contributed by atoms with Crippen molar-refractivity contribution < 1.29 is 23.9 Å². The molecular weight excluding hydrogens is 843 g/mol. The molecule has 0 saturated carbocycles. The zero-order valence-corrected chi connectivity index (χ0v) is 37.3. The number of aromatic nitrogens is 2. The number of carbonyl (C=O) groups is 4. The van der Waals surface area contributed by atoms with Crippen molar-refractivity contribution in [3.8, 4) is 0 Å². The Labute approximate surface area is 377 Å². The molecule has 4 fully saturated rings. The number of carbonyl (C=O) groups excluding carboxylic acids is 4. The van der Waals surface area contributed by atoms with Gasteiger partial charge in [0.1, 0.15) is 24.2 Å². The van der Waals surface area contributed by atoms with Gasteiger partial charge in [-0.2, -0.15) is 0 Å². The van der Waals surface area contributed by atoms with Crippen molar-refractivity contribution >= 4 is 69.8 Å². The molecule has 0 radical (unpaired) electrons. The van der Waals surface area contributed by atoms with E-state index >= 15 is 0 Å². The lowest BCUT2D eigenvalue weighted by Gasteiger charge is -2.60. The van der Waals surface area contributed by atoms with Gasteiger partial charge in [-0.1, -0.05) is 59.6 Å². The Balaban J connectivity index is 0.000000190.